The van der Waals surface area contributed by atoms with E-state index < -0.39 is 0 Å². The first-order valence-electron chi connectivity index (χ1n) is 7.31. The molecule has 0 atom stereocenters. The molecule has 0 bridgehead atoms. The highest BCUT2D eigenvalue weighted by molar-refractivity contribution is 5.85. The molecule has 0 radical (unpaired) electrons. The number of hydrogen-bond acceptors (Lipinski definition) is 2. The van der Waals surface area contributed by atoms with Crippen molar-refractivity contribution in [2.24, 2.45) is 11.7 Å². The van der Waals surface area contributed by atoms with E-state index in [9.17, 15) is 4.79 Å². The Morgan fingerprint density at radius 1 is 1.25 bits per heavy atom. The molecule has 0 spiro atoms. The van der Waals surface area contributed by atoms with Crippen molar-refractivity contribution >= 4 is 18.3 Å². The monoisotopic (exact) mass is 296 g/mol. The van der Waals surface area contributed by atoms with Crippen LogP contribution in [0, 0.1) is 5.92 Å². The number of hydrogen-bond donors (Lipinski definition) is 1. The SMILES string of the molecule is Cl.NCCCN(Cc1ccccc1)C(=O)CC1CCC1. The summed E-state index contributed by atoms with van der Waals surface area (Å²) in [4.78, 5) is 14.3. The molecule has 3 nitrogen and oxygen atoms in total. The molecule has 1 aromatic carbocycles. The largest absolute Gasteiger partial charge is 0.338 e. The molecule has 0 unspecified atom stereocenters. The summed E-state index contributed by atoms with van der Waals surface area (Å²) in [6.45, 7) is 2.13. The average molecular weight is 297 g/mol. The van der Waals surface area contributed by atoms with E-state index in [1.165, 1.54) is 24.8 Å². The Kier molecular flexibility index (Phi) is 7.63. The average Bonchev–Trinajstić information content (AvgIpc) is 2.39. The minimum atomic E-state index is 0. The number of carbonyl (C=O) groups is 1. The van der Waals surface area contributed by atoms with Crippen LogP contribution in [0.3, 0.4) is 0 Å². The maximum Gasteiger partial charge on any atom is 0.223 e. The van der Waals surface area contributed by atoms with Gasteiger partial charge in [-0.1, -0.05) is 36.8 Å². The maximum atomic E-state index is 12.3. The molecule has 0 heterocycles. The highest BCUT2D eigenvalue weighted by atomic mass is 35.5. The fraction of sp³-hybridized carbons (Fsp3) is 0.562. The highest BCUT2D eigenvalue weighted by Crippen LogP contribution is 2.30. The maximum absolute atomic E-state index is 12.3. The zero-order valence-electron chi connectivity index (χ0n) is 12.0. The molecule has 112 valence electrons. The highest BCUT2D eigenvalue weighted by Gasteiger charge is 2.23. The molecule has 1 amide bonds. The van der Waals surface area contributed by atoms with Crippen LogP contribution < -0.4 is 5.73 Å². The summed E-state index contributed by atoms with van der Waals surface area (Å²) in [5.74, 6) is 0.922. The molecule has 0 aromatic heterocycles. The van der Waals surface area contributed by atoms with E-state index in [-0.39, 0.29) is 12.4 Å². The fourth-order valence-corrected chi connectivity index (χ4v) is 2.45. The second-order valence-electron chi connectivity index (χ2n) is 5.44. The minimum Gasteiger partial charge on any atom is -0.338 e. The Labute approximate surface area is 127 Å². The second kappa shape index (κ2) is 8.98. The molecular weight excluding hydrogens is 272 g/mol. The predicted octanol–water partition coefficient (Wildman–Crippen LogP) is 2.98. The molecule has 0 aliphatic heterocycles. The third-order valence-electron chi connectivity index (χ3n) is 3.89. The number of halogens is 1. The normalized spacial score (nSPS) is 14.2. The lowest BCUT2D eigenvalue weighted by molar-refractivity contribution is -0.133. The standard InChI is InChI=1S/C16H24N2O.ClH/c17-10-5-11-18(13-15-6-2-1-3-7-15)16(19)12-14-8-4-9-14;/h1-3,6-7,14H,4-5,8-13,17H2;1H. The number of amides is 1. The lowest BCUT2D eigenvalue weighted by Gasteiger charge is -2.29. The Morgan fingerprint density at radius 2 is 1.95 bits per heavy atom. The molecule has 2 N–H and O–H groups in total. The van der Waals surface area contributed by atoms with Gasteiger partial charge in [0, 0.05) is 19.5 Å². The van der Waals surface area contributed by atoms with E-state index in [1.807, 2.05) is 23.1 Å². The van der Waals surface area contributed by atoms with Gasteiger partial charge < -0.3 is 10.6 Å². The van der Waals surface area contributed by atoms with Gasteiger partial charge in [0.05, 0.1) is 0 Å². The van der Waals surface area contributed by atoms with Crippen molar-refractivity contribution in [1.29, 1.82) is 0 Å². The van der Waals surface area contributed by atoms with Crippen molar-refractivity contribution < 1.29 is 4.79 Å². The molecule has 1 aromatic rings. The van der Waals surface area contributed by atoms with E-state index >= 15 is 0 Å². The first-order valence-corrected chi connectivity index (χ1v) is 7.31. The summed E-state index contributed by atoms with van der Waals surface area (Å²) < 4.78 is 0. The van der Waals surface area contributed by atoms with Crippen LogP contribution in [0.25, 0.3) is 0 Å². The first-order chi connectivity index (χ1) is 9.29. The van der Waals surface area contributed by atoms with E-state index in [1.54, 1.807) is 0 Å². The zero-order chi connectivity index (χ0) is 13.5. The van der Waals surface area contributed by atoms with Crippen LogP contribution in [0.1, 0.15) is 37.7 Å². The van der Waals surface area contributed by atoms with Crippen LogP contribution in [0.5, 0.6) is 0 Å². The van der Waals surface area contributed by atoms with Gasteiger partial charge in [0.15, 0.2) is 0 Å². The third-order valence-corrected chi connectivity index (χ3v) is 3.89. The Morgan fingerprint density at radius 3 is 2.50 bits per heavy atom. The molecule has 1 fully saturated rings. The van der Waals surface area contributed by atoms with Gasteiger partial charge in [-0.3, -0.25) is 4.79 Å². The molecule has 1 aliphatic carbocycles. The number of nitrogens with two attached hydrogens (primary N) is 1. The fourth-order valence-electron chi connectivity index (χ4n) is 2.45. The smallest absolute Gasteiger partial charge is 0.223 e. The van der Waals surface area contributed by atoms with E-state index in [0.717, 1.165) is 19.4 Å². The molecule has 1 aliphatic rings. The second-order valence-corrected chi connectivity index (χ2v) is 5.44. The lowest BCUT2D eigenvalue weighted by atomic mass is 9.82. The summed E-state index contributed by atoms with van der Waals surface area (Å²) in [5, 5.41) is 0. The molecular formula is C16H25ClN2O. The third kappa shape index (κ3) is 5.14. The van der Waals surface area contributed by atoms with Crippen LogP contribution >= 0.6 is 12.4 Å². The summed E-state index contributed by atoms with van der Waals surface area (Å²) in [6.07, 6.45) is 5.34. The Balaban J connectivity index is 0.00000200. The topological polar surface area (TPSA) is 46.3 Å². The van der Waals surface area contributed by atoms with E-state index in [0.29, 0.717) is 24.9 Å². The van der Waals surface area contributed by atoms with Gasteiger partial charge in [-0.15, -0.1) is 12.4 Å². The van der Waals surface area contributed by atoms with Gasteiger partial charge in [0.25, 0.3) is 0 Å². The van der Waals surface area contributed by atoms with Crippen LogP contribution in [-0.4, -0.2) is 23.9 Å². The molecule has 4 heteroatoms. The zero-order valence-corrected chi connectivity index (χ0v) is 12.8. The first kappa shape index (κ1) is 17.0. The van der Waals surface area contributed by atoms with Crippen molar-refractivity contribution in [3.63, 3.8) is 0 Å². The predicted molar refractivity (Wildman–Crippen MR) is 84.7 cm³/mol. The minimum absolute atomic E-state index is 0. The van der Waals surface area contributed by atoms with Crippen molar-refractivity contribution in [3.05, 3.63) is 35.9 Å². The number of rotatable bonds is 7. The van der Waals surface area contributed by atoms with Gasteiger partial charge in [-0.05, 0) is 37.3 Å². The molecule has 20 heavy (non-hydrogen) atoms. The van der Waals surface area contributed by atoms with Gasteiger partial charge >= 0.3 is 0 Å². The molecule has 0 saturated heterocycles. The van der Waals surface area contributed by atoms with E-state index in [2.05, 4.69) is 12.1 Å². The number of carbonyl (C=O) groups excluding carboxylic acids is 1. The lowest BCUT2D eigenvalue weighted by Crippen LogP contribution is -2.34. The quantitative estimate of drug-likeness (QED) is 0.841. The number of nitrogens with zero attached hydrogens (tertiary/aromatic N) is 1. The summed E-state index contributed by atoms with van der Waals surface area (Å²) in [7, 11) is 0. The van der Waals surface area contributed by atoms with Crippen LogP contribution in [0.4, 0.5) is 0 Å². The van der Waals surface area contributed by atoms with Gasteiger partial charge in [0.1, 0.15) is 0 Å². The summed E-state index contributed by atoms with van der Waals surface area (Å²) >= 11 is 0. The van der Waals surface area contributed by atoms with Crippen molar-refractivity contribution in [1.82, 2.24) is 4.90 Å². The van der Waals surface area contributed by atoms with Gasteiger partial charge in [0.2, 0.25) is 5.91 Å². The Hall–Kier alpha value is -1.06. The Bertz CT molecular complexity index is 393. The molecule has 1 saturated carbocycles. The van der Waals surface area contributed by atoms with Crippen molar-refractivity contribution in [2.45, 2.75) is 38.6 Å². The van der Waals surface area contributed by atoms with Crippen molar-refractivity contribution in [2.75, 3.05) is 13.1 Å². The number of benzene rings is 1. The summed E-state index contributed by atoms with van der Waals surface area (Å²) in [5.41, 5.74) is 6.77. The van der Waals surface area contributed by atoms with Gasteiger partial charge in [-0.2, -0.15) is 0 Å². The molecule has 2 rings (SSSR count). The van der Waals surface area contributed by atoms with Crippen LogP contribution in [0.15, 0.2) is 30.3 Å². The van der Waals surface area contributed by atoms with Crippen LogP contribution in [0.2, 0.25) is 0 Å². The van der Waals surface area contributed by atoms with Gasteiger partial charge in [-0.25, -0.2) is 0 Å². The van der Waals surface area contributed by atoms with E-state index in [4.69, 9.17) is 5.73 Å². The summed E-state index contributed by atoms with van der Waals surface area (Å²) in [6, 6.07) is 10.2. The van der Waals surface area contributed by atoms with Crippen molar-refractivity contribution in [3.8, 4) is 0 Å². The van der Waals surface area contributed by atoms with Crippen LogP contribution in [-0.2, 0) is 11.3 Å².